The van der Waals surface area contributed by atoms with E-state index in [9.17, 15) is 9.59 Å². The molecule has 0 N–H and O–H groups in total. The number of pyridine rings is 1. The fourth-order valence-electron chi connectivity index (χ4n) is 5.03. The maximum Gasteiger partial charge on any atom is 0.257 e. The summed E-state index contributed by atoms with van der Waals surface area (Å²) in [4.78, 5) is 29.7. The van der Waals surface area contributed by atoms with Gasteiger partial charge in [-0.25, -0.2) is 4.52 Å². The van der Waals surface area contributed by atoms with Crippen molar-refractivity contribution in [3.8, 4) is 0 Å². The van der Waals surface area contributed by atoms with Crippen LogP contribution in [-0.4, -0.2) is 57.4 Å². The van der Waals surface area contributed by atoms with Crippen molar-refractivity contribution in [2.75, 3.05) is 26.2 Å². The van der Waals surface area contributed by atoms with E-state index in [1.54, 1.807) is 10.7 Å². The van der Waals surface area contributed by atoms with Crippen molar-refractivity contribution in [2.45, 2.75) is 44.4 Å². The van der Waals surface area contributed by atoms with Gasteiger partial charge in [0.25, 0.3) is 5.91 Å². The maximum atomic E-state index is 13.1. The average molecular weight is 465 g/mol. The van der Waals surface area contributed by atoms with Gasteiger partial charge < -0.3 is 9.80 Å². The zero-order chi connectivity index (χ0) is 22.8. The number of hydrogen-bond acceptors (Lipinski definition) is 3. The smallest absolute Gasteiger partial charge is 0.257 e. The predicted octanol–water partition coefficient (Wildman–Crippen LogP) is 4.56. The van der Waals surface area contributed by atoms with Crippen LogP contribution in [0.3, 0.4) is 0 Å². The molecule has 2 fully saturated rings. The van der Waals surface area contributed by atoms with Crippen LogP contribution in [0.25, 0.3) is 5.52 Å². The van der Waals surface area contributed by atoms with Crippen LogP contribution in [0.2, 0.25) is 5.02 Å². The lowest BCUT2D eigenvalue weighted by molar-refractivity contribution is -0.131. The normalized spacial score (nSPS) is 17.5. The standard InChI is InChI=1S/C26H29ClN4O2/c27-22-6-4-19(5-7-22)16-25(32)29-13-8-20(9-14-29)21-10-15-31-24(17-21)23(18-28-31)26(33)30-11-2-1-3-12-30/h4-7,10,15,17-18,20H,1-3,8-9,11-14,16H2. The topological polar surface area (TPSA) is 57.9 Å². The van der Waals surface area contributed by atoms with E-state index in [1.807, 2.05) is 40.3 Å². The first-order chi connectivity index (χ1) is 16.1. The van der Waals surface area contributed by atoms with E-state index in [1.165, 1.54) is 12.0 Å². The van der Waals surface area contributed by atoms with Crippen LogP contribution >= 0.6 is 11.6 Å². The first kappa shape index (κ1) is 22.0. The third-order valence-corrected chi connectivity index (χ3v) is 7.26. The number of rotatable bonds is 4. The maximum absolute atomic E-state index is 13.1. The number of carbonyl (C=O) groups is 2. The molecule has 172 valence electrons. The van der Waals surface area contributed by atoms with Crippen LogP contribution in [0.15, 0.2) is 48.8 Å². The highest BCUT2D eigenvalue weighted by molar-refractivity contribution is 6.30. The highest BCUT2D eigenvalue weighted by Gasteiger charge is 2.26. The Kier molecular flexibility index (Phi) is 6.36. The molecule has 0 aliphatic carbocycles. The fraction of sp³-hybridized carbons (Fsp3) is 0.423. The van der Waals surface area contributed by atoms with Gasteiger partial charge in [0.1, 0.15) is 0 Å². The van der Waals surface area contributed by atoms with Crippen molar-refractivity contribution in [1.82, 2.24) is 19.4 Å². The Labute approximate surface area is 199 Å². The van der Waals surface area contributed by atoms with Crippen LogP contribution in [-0.2, 0) is 11.2 Å². The molecule has 5 rings (SSSR count). The lowest BCUT2D eigenvalue weighted by atomic mass is 9.89. The summed E-state index contributed by atoms with van der Waals surface area (Å²) in [6.45, 7) is 3.17. The molecule has 3 aromatic rings. The van der Waals surface area contributed by atoms with Gasteiger partial charge in [0, 0.05) is 37.4 Å². The third kappa shape index (κ3) is 4.76. The Morgan fingerprint density at radius 3 is 2.39 bits per heavy atom. The Bertz CT molecular complexity index is 1140. The zero-order valence-corrected chi connectivity index (χ0v) is 19.5. The van der Waals surface area contributed by atoms with Gasteiger partial charge in [0.2, 0.25) is 5.91 Å². The van der Waals surface area contributed by atoms with Crippen molar-refractivity contribution in [3.05, 3.63) is 70.5 Å². The van der Waals surface area contributed by atoms with E-state index >= 15 is 0 Å². The molecule has 0 radical (unpaired) electrons. The van der Waals surface area contributed by atoms with E-state index in [0.29, 0.717) is 22.9 Å². The van der Waals surface area contributed by atoms with Gasteiger partial charge in [-0.1, -0.05) is 23.7 Å². The quantitative estimate of drug-likeness (QED) is 0.568. The summed E-state index contributed by atoms with van der Waals surface area (Å²) < 4.78 is 1.80. The molecular formula is C26H29ClN4O2. The molecule has 0 bridgehead atoms. The van der Waals surface area contributed by atoms with Gasteiger partial charge in [0.05, 0.1) is 23.7 Å². The number of fused-ring (bicyclic) bond motifs is 1. The molecule has 2 aliphatic heterocycles. The minimum atomic E-state index is 0.0875. The Hall–Kier alpha value is -2.86. The minimum Gasteiger partial charge on any atom is -0.342 e. The summed E-state index contributed by atoms with van der Waals surface area (Å²) in [6, 6.07) is 11.7. The molecule has 7 heteroatoms. The zero-order valence-electron chi connectivity index (χ0n) is 18.8. The Morgan fingerprint density at radius 2 is 1.67 bits per heavy atom. The fourth-order valence-corrected chi connectivity index (χ4v) is 5.16. The number of nitrogens with zero attached hydrogens (tertiary/aromatic N) is 4. The van der Waals surface area contributed by atoms with Gasteiger partial charge in [-0.2, -0.15) is 5.10 Å². The Morgan fingerprint density at radius 1 is 0.939 bits per heavy atom. The summed E-state index contributed by atoms with van der Waals surface area (Å²) in [6.07, 6.45) is 9.26. The van der Waals surface area contributed by atoms with Crippen molar-refractivity contribution in [2.24, 2.45) is 0 Å². The number of hydrogen-bond donors (Lipinski definition) is 0. The molecular weight excluding hydrogens is 436 g/mol. The van der Waals surface area contributed by atoms with Gasteiger partial charge >= 0.3 is 0 Å². The second-order valence-electron chi connectivity index (χ2n) is 9.16. The number of carbonyl (C=O) groups excluding carboxylic acids is 2. The third-order valence-electron chi connectivity index (χ3n) is 7.01. The molecule has 1 aromatic carbocycles. The molecule has 33 heavy (non-hydrogen) atoms. The van der Waals surface area contributed by atoms with Crippen LogP contribution in [0.1, 0.15) is 59.5 Å². The van der Waals surface area contributed by atoms with Crippen molar-refractivity contribution in [1.29, 1.82) is 0 Å². The monoisotopic (exact) mass is 464 g/mol. The van der Waals surface area contributed by atoms with Crippen LogP contribution in [0, 0.1) is 0 Å². The lowest BCUT2D eigenvalue weighted by Gasteiger charge is -2.32. The molecule has 2 amide bonds. The second kappa shape index (κ2) is 9.56. The largest absolute Gasteiger partial charge is 0.342 e. The number of piperidine rings is 2. The summed E-state index contributed by atoms with van der Waals surface area (Å²) in [7, 11) is 0. The summed E-state index contributed by atoms with van der Waals surface area (Å²) >= 11 is 5.94. The van der Waals surface area contributed by atoms with Crippen LogP contribution in [0.4, 0.5) is 0 Å². The molecule has 4 heterocycles. The predicted molar refractivity (Wildman–Crippen MR) is 129 cm³/mol. The SMILES string of the molecule is O=C(Cc1ccc(Cl)cc1)N1CCC(c2ccn3ncc(C(=O)N4CCCCC4)c3c2)CC1. The molecule has 0 atom stereocenters. The number of likely N-dealkylation sites (tertiary alicyclic amines) is 2. The summed E-state index contributed by atoms with van der Waals surface area (Å²) in [5.74, 6) is 0.628. The van der Waals surface area contributed by atoms with Gasteiger partial charge in [0.15, 0.2) is 0 Å². The highest BCUT2D eigenvalue weighted by Crippen LogP contribution is 2.30. The van der Waals surface area contributed by atoms with E-state index in [4.69, 9.17) is 11.6 Å². The van der Waals surface area contributed by atoms with Crippen molar-refractivity contribution in [3.63, 3.8) is 0 Å². The first-order valence-corrected chi connectivity index (χ1v) is 12.2. The Balaban J connectivity index is 1.25. The number of benzene rings is 1. The van der Waals surface area contributed by atoms with Crippen molar-refractivity contribution < 1.29 is 9.59 Å². The highest BCUT2D eigenvalue weighted by atomic mass is 35.5. The van der Waals surface area contributed by atoms with Gasteiger partial charge in [-0.15, -0.1) is 0 Å². The van der Waals surface area contributed by atoms with Crippen LogP contribution < -0.4 is 0 Å². The van der Waals surface area contributed by atoms with Gasteiger partial charge in [-0.3, -0.25) is 9.59 Å². The first-order valence-electron chi connectivity index (χ1n) is 11.9. The molecule has 0 spiro atoms. The van der Waals surface area contributed by atoms with Crippen molar-refractivity contribution >= 4 is 28.9 Å². The van der Waals surface area contributed by atoms with E-state index < -0.39 is 0 Å². The average Bonchev–Trinajstić information content (AvgIpc) is 3.29. The number of aromatic nitrogens is 2. The molecule has 0 unspecified atom stereocenters. The van der Waals surface area contributed by atoms with E-state index in [-0.39, 0.29) is 11.8 Å². The van der Waals surface area contributed by atoms with Gasteiger partial charge in [-0.05, 0) is 73.4 Å². The summed E-state index contributed by atoms with van der Waals surface area (Å²) in [5, 5.41) is 5.09. The molecule has 2 saturated heterocycles. The summed E-state index contributed by atoms with van der Waals surface area (Å²) in [5.41, 5.74) is 3.78. The minimum absolute atomic E-state index is 0.0875. The van der Waals surface area contributed by atoms with E-state index in [2.05, 4.69) is 17.2 Å². The molecule has 0 saturated carbocycles. The number of halogens is 1. The van der Waals surface area contributed by atoms with E-state index in [0.717, 1.165) is 62.9 Å². The number of amides is 2. The molecule has 6 nitrogen and oxygen atoms in total. The molecule has 2 aliphatic rings. The van der Waals surface area contributed by atoms with Crippen LogP contribution in [0.5, 0.6) is 0 Å². The lowest BCUT2D eigenvalue weighted by Crippen LogP contribution is -2.38. The molecule has 2 aromatic heterocycles. The second-order valence-corrected chi connectivity index (χ2v) is 9.60.